The molecular weight excluding hydrogens is 506 g/mol. The van der Waals surface area contributed by atoms with Gasteiger partial charge in [-0.15, -0.1) is 0 Å². The summed E-state index contributed by atoms with van der Waals surface area (Å²) in [5, 5.41) is 16.9. The lowest BCUT2D eigenvalue weighted by molar-refractivity contribution is -0.116. The Morgan fingerprint density at radius 1 is 1.05 bits per heavy atom. The van der Waals surface area contributed by atoms with Gasteiger partial charge in [0, 0.05) is 41.9 Å². The molecule has 2 atom stereocenters. The van der Waals surface area contributed by atoms with E-state index in [1.807, 2.05) is 62.4 Å². The van der Waals surface area contributed by atoms with E-state index < -0.39 is 0 Å². The van der Waals surface area contributed by atoms with Gasteiger partial charge in [0.15, 0.2) is 5.11 Å². The molecule has 3 N–H and O–H groups in total. The molecule has 200 valence electrons. The van der Waals surface area contributed by atoms with Crippen molar-refractivity contribution in [1.82, 2.24) is 19.8 Å². The number of nitrogens with zero attached hydrogens (tertiary/aromatic N) is 3. The van der Waals surface area contributed by atoms with E-state index in [1.54, 1.807) is 18.3 Å². The molecule has 0 unspecified atom stereocenters. The van der Waals surface area contributed by atoms with E-state index in [9.17, 15) is 9.90 Å². The Labute approximate surface area is 234 Å². The number of aromatic hydroxyl groups is 1. The zero-order chi connectivity index (χ0) is 27.7. The van der Waals surface area contributed by atoms with Gasteiger partial charge in [-0.25, -0.2) is 0 Å². The Balaban J connectivity index is 1.46. The van der Waals surface area contributed by atoms with E-state index in [4.69, 9.17) is 12.2 Å². The second-order valence-electron chi connectivity index (χ2n) is 10.1. The van der Waals surface area contributed by atoms with E-state index in [2.05, 4.69) is 45.0 Å². The molecule has 0 aliphatic carbocycles. The number of aryl methyl sites for hydroxylation is 3. The highest BCUT2D eigenvalue weighted by atomic mass is 32.1. The van der Waals surface area contributed by atoms with Crippen LogP contribution in [0.15, 0.2) is 72.9 Å². The molecule has 7 nitrogen and oxygen atoms in total. The van der Waals surface area contributed by atoms with Crippen LogP contribution in [0.5, 0.6) is 5.75 Å². The van der Waals surface area contributed by atoms with Gasteiger partial charge in [-0.3, -0.25) is 9.78 Å². The minimum atomic E-state index is -0.172. The highest BCUT2D eigenvalue weighted by Gasteiger charge is 2.41. The Morgan fingerprint density at radius 3 is 2.54 bits per heavy atom. The predicted octanol–water partition coefficient (Wildman–Crippen LogP) is 5.81. The minimum Gasteiger partial charge on any atom is -0.508 e. The van der Waals surface area contributed by atoms with Crippen molar-refractivity contribution in [2.75, 3.05) is 11.9 Å². The molecular formula is C31H33N5O2S. The van der Waals surface area contributed by atoms with E-state index in [1.165, 1.54) is 0 Å². The molecule has 0 bridgehead atoms. The normalized spacial score (nSPS) is 16.8. The molecule has 1 aliphatic rings. The third-order valence-corrected chi connectivity index (χ3v) is 7.69. The number of amides is 1. The smallest absolute Gasteiger partial charge is 0.226 e. The van der Waals surface area contributed by atoms with Crippen LogP contribution in [0, 0.1) is 27.7 Å². The first-order chi connectivity index (χ1) is 18.7. The lowest BCUT2D eigenvalue weighted by atomic mass is 9.96. The number of aromatic nitrogens is 2. The van der Waals surface area contributed by atoms with Crippen LogP contribution in [-0.4, -0.2) is 37.1 Å². The highest BCUT2D eigenvalue weighted by Crippen LogP contribution is 2.41. The van der Waals surface area contributed by atoms with Gasteiger partial charge in [0.1, 0.15) is 5.75 Å². The molecule has 1 aliphatic heterocycles. The van der Waals surface area contributed by atoms with Crippen molar-refractivity contribution < 1.29 is 9.90 Å². The van der Waals surface area contributed by atoms with Gasteiger partial charge in [0.25, 0.3) is 0 Å². The van der Waals surface area contributed by atoms with Crippen LogP contribution in [0.1, 0.15) is 52.3 Å². The van der Waals surface area contributed by atoms with Gasteiger partial charge < -0.3 is 25.2 Å². The number of nitrogens with one attached hydrogen (secondary N) is 2. The fraction of sp³-hybridized carbons (Fsp3) is 0.258. The molecule has 8 heteroatoms. The van der Waals surface area contributed by atoms with E-state index in [-0.39, 0.29) is 30.2 Å². The van der Waals surface area contributed by atoms with E-state index in [0.29, 0.717) is 11.7 Å². The fourth-order valence-corrected chi connectivity index (χ4v) is 5.71. The molecule has 5 rings (SSSR count). The SMILES string of the molecule is Cc1ccc(C)c(NC(=O)CCN2C(=S)N[C@@H](c3ccccn3)[C@@H]2c2cc(C)n(-c3ccc(O)cc3)c2C)c1. The van der Waals surface area contributed by atoms with Crippen molar-refractivity contribution in [2.45, 2.75) is 46.2 Å². The molecule has 2 aromatic heterocycles. The number of carbonyl (C=O) groups excluding carboxylic acids is 1. The van der Waals surface area contributed by atoms with Crippen molar-refractivity contribution in [1.29, 1.82) is 0 Å². The Bertz CT molecular complexity index is 1510. The second-order valence-corrected chi connectivity index (χ2v) is 10.5. The topological polar surface area (TPSA) is 82.4 Å². The van der Waals surface area contributed by atoms with Crippen LogP contribution in [0.25, 0.3) is 5.69 Å². The van der Waals surface area contributed by atoms with Crippen molar-refractivity contribution in [3.63, 3.8) is 0 Å². The number of anilines is 1. The van der Waals surface area contributed by atoms with Crippen molar-refractivity contribution in [3.05, 3.63) is 107 Å². The fourth-order valence-electron chi connectivity index (χ4n) is 5.38. The molecule has 4 aromatic rings. The van der Waals surface area contributed by atoms with Crippen LogP contribution in [-0.2, 0) is 4.79 Å². The molecule has 1 amide bonds. The lowest BCUT2D eigenvalue weighted by Crippen LogP contribution is -2.33. The standard InChI is InChI=1S/C31H33N5O2S/c1-19-8-9-20(2)27(17-19)33-28(38)14-16-35-30(29(34-31(35)39)26-7-5-6-15-32-26)25-18-21(3)36(22(25)4)23-10-12-24(37)13-11-23/h5-13,15,17-18,29-30,37H,14,16H2,1-4H3,(H,33,38)(H,34,39)/t29-,30-/m0/s1. The summed E-state index contributed by atoms with van der Waals surface area (Å²) in [5.41, 5.74) is 8.07. The van der Waals surface area contributed by atoms with Crippen molar-refractivity contribution >= 4 is 28.9 Å². The number of phenols is 1. The largest absolute Gasteiger partial charge is 0.508 e. The zero-order valence-corrected chi connectivity index (χ0v) is 23.4. The number of benzene rings is 2. The van der Waals surface area contributed by atoms with Crippen molar-refractivity contribution in [3.8, 4) is 11.4 Å². The minimum absolute atomic E-state index is 0.0545. The molecule has 0 radical (unpaired) electrons. The Morgan fingerprint density at radius 2 is 1.82 bits per heavy atom. The summed E-state index contributed by atoms with van der Waals surface area (Å²) in [5.74, 6) is 0.174. The van der Waals surface area contributed by atoms with Crippen LogP contribution in [0.2, 0.25) is 0 Å². The summed E-state index contributed by atoms with van der Waals surface area (Å²) in [4.78, 5) is 19.8. The molecule has 1 saturated heterocycles. The van der Waals surface area contributed by atoms with Gasteiger partial charge >= 0.3 is 0 Å². The van der Waals surface area contributed by atoms with Crippen LogP contribution in [0.4, 0.5) is 5.69 Å². The average molecular weight is 540 g/mol. The Hall–Kier alpha value is -4.17. The summed E-state index contributed by atoms with van der Waals surface area (Å²) < 4.78 is 2.18. The summed E-state index contributed by atoms with van der Waals surface area (Å²) >= 11 is 5.83. The van der Waals surface area contributed by atoms with Crippen molar-refractivity contribution in [2.24, 2.45) is 0 Å². The average Bonchev–Trinajstić information content (AvgIpc) is 3.40. The number of thiocarbonyl (C=S) groups is 1. The van der Waals surface area contributed by atoms with Gasteiger partial charge in [-0.2, -0.15) is 0 Å². The summed E-state index contributed by atoms with van der Waals surface area (Å²) in [7, 11) is 0. The first-order valence-electron chi connectivity index (χ1n) is 13.1. The molecule has 1 fully saturated rings. The molecule has 2 aromatic carbocycles. The molecule has 39 heavy (non-hydrogen) atoms. The maximum Gasteiger partial charge on any atom is 0.226 e. The van der Waals surface area contributed by atoms with Gasteiger partial charge in [-0.05, 0) is 105 Å². The van der Waals surface area contributed by atoms with Crippen LogP contribution < -0.4 is 10.6 Å². The summed E-state index contributed by atoms with van der Waals surface area (Å²) in [6.07, 6.45) is 2.08. The third-order valence-electron chi connectivity index (χ3n) is 7.34. The van der Waals surface area contributed by atoms with Crippen LogP contribution in [0.3, 0.4) is 0 Å². The quantitative estimate of drug-likeness (QED) is 0.257. The van der Waals surface area contributed by atoms with Gasteiger partial charge in [-0.1, -0.05) is 18.2 Å². The van der Waals surface area contributed by atoms with Gasteiger partial charge in [0.2, 0.25) is 5.91 Å². The number of hydrogen-bond acceptors (Lipinski definition) is 4. The number of phenolic OH excluding ortho intramolecular Hbond substituents is 1. The monoisotopic (exact) mass is 539 g/mol. The summed E-state index contributed by atoms with van der Waals surface area (Å²) in [6, 6.07) is 21.0. The second kappa shape index (κ2) is 10.9. The zero-order valence-electron chi connectivity index (χ0n) is 22.6. The summed E-state index contributed by atoms with van der Waals surface area (Å²) in [6.45, 7) is 8.63. The lowest BCUT2D eigenvalue weighted by Gasteiger charge is -2.28. The molecule has 3 heterocycles. The maximum absolute atomic E-state index is 13.0. The van der Waals surface area contributed by atoms with Gasteiger partial charge in [0.05, 0.1) is 17.8 Å². The number of pyridine rings is 1. The number of carbonyl (C=O) groups is 1. The number of hydrogen-bond donors (Lipinski definition) is 3. The first kappa shape index (κ1) is 26.4. The highest BCUT2D eigenvalue weighted by molar-refractivity contribution is 7.80. The third kappa shape index (κ3) is 5.38. The predicted molar refractivity (Wildman–Crippen MR) is 158 cm³/mol. The number of rotatable bonds is 7. The van der Waals surface area contributed by atoms with E-state index in [0.717, 1.165) is 45.1 Å². The first-order valence-corrected chi connectivity index (χ1v) is 13.5. The van der Waals surface area contributed by atoms with E-state index >= 15 is 0 Å². The maximum atomic E-state index is 13.0. The van der Waals surface area contributed by atoms with Crippen LogP contribution >= 0.6 is 12.2 Å². The molecule has 0 saturated carbocycles. The molecule has 0 spiro atoms. The Kier molecular flexibility index (Phi) is 7.39.